The molecule has 0 spiro atoms. The predicted octanol–water partition coefficient (Wildman–Crippen LogP) is 4.52. The Hall–Kier alpha value is -2.60. The van der Waals surface area contributed by atoms with Gasteiger partial charge in [-0.25, -0.2) is 13.4 Å². The third kappa shape index (κ3) is 4.10. The van der Waals surface area contributed by atoms with E-state index in [2.05, 4.69) is 22.5 Å². The Labute approximate surface area is 211 Å². The molecule has 1 amide bonds. The number of thiophene rings is 1. The minimum Gasteiger partial charge on any atom is -0.309 e. The van der Waals surface area contributed by atoms with Crippen LogP contribution in [0.2, 0.25) is 0 Å². The van der Waals surface area contributed by atoms with Gasteiger partial charge in [0, 0.05) is 12.6 Å². The van der Waals surface area contributed by atoms with Crippen molar-refractivity contribution in [1.29, 1.82) is 0 Å². The van der Waals surface area contributed by atoms with E-state index >= 15 is 0 Å². The lowest BCUT2D eigenvalue weighted by Crippen LogP contribution is -2.43. The van der Waals surface area contributed by atoms with E-state index in [0.29, 0.717) is 30.3 Å². The zero-order valence-electron chi connectivity index (χ0n) is 19.2. The molecule has 4 heterocycles. The number of fused-ring (bicyclic) bond motifs is 2. The van der Waals surface area contributed by atoms with Gasteiger partial charge in [0.25, 0.3) is 10.0 Å². The Bertz CT molecular complexity index is 1480. The monoisotopic (exact) mass is 527 g/mol. The summed E-state index contributed by atoms with van der Waals surface area (Å²) in [7, 11) is -3.71. The SMILES string of the molecule is Cc1cc(NC(=O)C2CCCN2S(=O)(=O)c2cccs2)n(-c2nc3cc4c(cc3s2)CCCC4)n1. The highest BCUT2D eigenvalue weighted by atomic mass is 32.2. The summed E-state index contributed by atoms with van der Waals surface area (Å²) in [5, 5.41) is 9.94. The summed E-state index contributed by atoms with van der Waals surface area (Å²) in [4.78, 5) is 18.1. The predicted molar refractivity (Wildman–Crippen MR) is 138 cm³/mol. The van der Waals surface area contributed by atoms with Gasteiger partial charge in [0.2, 0.25) is 11.0 Å². The molecular weight excluding hydrogens is 502 g/mol. The zero-order chi connectivity index (χ0) is 24.2. The van der Waals surface area contributed by atoms with E-state index in [1.165, 1.54) is 39.6 Å². The van der Waals surface area contributed by atoms with Gasteiger partial charge < -0.3 is 5.32 Å². The van der Waals surface area contributed by atoms with E-state index in [0.717, 1.165) is 28.8 Å². The van der Waals surface area contributed by atoms with Gasteiger partial charge in [0.1, 0.15) is 16.1 Å². The summed E-state index contributed by atoms with van der Waals surface area (Å²) in [6, 6.07) is 8.75. The standard InChI is InChI=1S/C24H25N5O3S3/c1-15-12-21(26-23(30)19-8-4-10-28(19)35(31,32)22-9-5-11-33-22)29(27-15)24-25-18-13-16-6-2-3-7-17(16)14-20(18)34-24/h5,9,11-14,19H,2-4,6-8,10H2,1H3,(H,26,30). The smallest absolute Gasteiger partial charge is 0.253 e. The van der Waals surface area contributed by atoms with Gasteiger partial charge in [-0.3, -0.25) is 4.79 Å². The molecule has 35 heavy (non-hydrogen) atoms. The van der Waals surface area contributed by atoms with E-state index in [1.807, 2.05) is 6.92 Å². The maximum Gasteiger partial charge on any atom is 0.253 e. The number of hydrogen-bond acceptors (Lipinski definition) is 7. The second-order valence-corrected chi connectivity index (χ2v) is 13.1. The van der Waals surface area contributed by atoms with Crippen molar-refractivity contribution in [2.24, 2.45) is 0 Å². The Morgan fingerprint density at radius 2 is 1.94 bits per heavy atom. The van der Waals surface area contributed by atoms with Crippen molar-refractivity contribution in [3.05, 3.63) is 52.5 Å². The van der Waals surface area contributed by atoms with E-state index in [4.69, 9.17) is 4.98 Å². The number of sulfonamides is 1. The molecule has 1 aliphatic heterocycles. The molecule has 1 atom stereocenters. The quantitative estimate of drug-likeness (QED) is 0.412. The molecular formula is C24H25N5O3S3. The number of amides is 1. The lowest BCUT2D eigenvalue weighted by molar-refractivity contribution is -0.119. The van der Waals surface area contributed by atoms with Crippen molar-refractivity contribution in [2.75, 3.05) is 11.9 Å². The maximum atomic E-state index is 13.3. The maximum absolute atomic E-state index is 13.3. The van der Waals surface area contributed by atoms with Crippen LogP contribution in [0.4, 0.5) is 5.82 Å². The van der Waals surface area contributed by atoms with Gasteiger partial charge in [-0.2, -0.15) is 14.1 Å². The Kier molecular flexibility index (Phi) is 5.75. The molecule has 1 N–H and O–H groups in total. The molecule has 0 radical (unpaired) electrons. The summed E-state index contributed by atoms with van der Waals surface area (Å²) in [6.07, 6.45) is 5.75. The second kappa shape index (κ2) is 8.81. The number of carbonyl (C=O) groups is 1. The largest absolute Gasteiger partial charge is 0.309 e. The number of carbonyl (C=O) groups excluding carboxylic acids is 1. The van der Waals surface area contributed by atoms with Crippen molar-refractivity contribution < 1.29 is 13.2 Å². The van der Waals surface area contributed by atoms with Crippen LogP contribution in [0.3, 0.4) is 0 Å². The number of nitrogens with zero attached hydrogens (tertiary/aromatic N) is 4. The molecule has 1 aliphatic carbocycles. The van der Waals surface area contributed by atoms with E-state index in [1.54, 1.807) is 39.6 Å². The molecule has 0 saturated carbocycles. The van der Waals surface area contributed by atoms with E-state index < -0.39 is 16.1 Å². The third-order valence-electron chi connectivity index (χ3n) is 6.67. The second-order valence-electron chi connectivity index (χ2n) is 9.07. The molecule has 6 rings (SSSR count). The molecule has 1 unspecified atom stereocenters. The van der Waals surface area contributed by atoms with Crippen molar-refractivity contribution in [3.8, 4) is 5.13 Å². The van der Waals surface area contributed by atoms with Crippen LogP contribution in [0.5, 0.6) is 0 Å². The highest BCUT2D eigenvalue weighted by Gasteiger charge is 2.40. The average Bonchev–Trinajstić information content (AvgIpc) is 3.63. The first-order valence-electron chi connectivity index (χ1n) is 11.8. The fraction of sp³-hybridized carbons (Fsp3) is 0.375. The molecule has 8 nitrogen and oxygen atoms in total. The number of hydrogen-bond donors (Lipinski definition) is 1. The number of nitrogens with one attached hydrogen (secondary N) is 1. The first kappa shape index (κ1) is 22.8. The summed E-state index contributed by atoms with van der Waals surface area (Å²) >= 11 is 2.71. The molecule has 1 saturated heterocycles. The van der Waals surface area contributed by atoms with Gasteiger partial charge in [-0.1, -0.05) is 17.4 Å². The van der Waals surface area contributed by atoms with E-state index in [9.17, 15) is 13.2 Å². The van der Waals surface area contributed by atoms with Crippen molar-refractivity contribution in [3.63, 3.8) is 0 Å². The van der Waals surface area contributed by atoms with Crippen LogP contribution in [-0.4, -0.2) is 46.0 Å². The number of anilines is 1. The van der Waals surface area contributed by atoms with Gasteiger partial charge >= 0.3 is 0 Å². The van der Waals surface area contributed by atoms with Gasteiger partial charge in [0.15, 0.2) is 0 Å². The molecule has 0 bridgehead atoms. The summed E-state index contributed by atoms with van der Waals surface area (Å²) in [5.74, 6) is 0.150. The van der Waals surface area contributed by atoms with Crippen LogP contribution in [0, 0.1) is 6.92 Å². The lowest BCUT2D eigenvalue weighted by atomic mass is 9.92. The van der Waals surface area contributed by atoms with Crippen LogP contribution < -0.4 is 5.32 Å². The third-order valence-corrected chi connectivity index (χ3v) is 10.9. The Morgan fingerprint density at radius 3 is 2.71 bits per heavy atom. The fourth-order valence-corrected chi connectivity index (χ4v) is 8.75. The molecule has 1 aromatic carbocycles. The molecule has 182 valence electrons. The van der Waals surface area contributed by atoms with E-state index in [-0.39, 0.29) is 10.1 Å². The number of aromatic nitrogens is 3. The van der Waals surface area contributed by atoms with Crippen LogP contribution in [0.1, 0.15) is 42.5 Å². The first-order chi connectivity index (χ1) is 16.9. The van der Waals surface area contributed by atoms with Gasteiger partial charge in [0.05, 0.1) is 15.9 Å². The fourth-order valence-electron chi connectivity index (χ4n) is 4.99. The topological polar surface area (TPSA) is 97.2 Å². The minimum absolute atomic E-state index is 0.259. The molecule has 1 fully saturated rings. The van der Waals surface area contributed by atoms with Gasteiger partial charge in [-0.05, 0) is 80.2 Å². The van der Waals surface area contributed by atoms with Crippen LogP contribution >= 0.6 is 22.7 Å². The van der Waals surface area contributed by atoms with Crippen LogP contribution in [0.15, 0.2) is 39.9 Å². The van der Waals surface area contributed by atoms with Crippen molar-refractivity contribution >= 4 is 54.6 Å². The molecule has 3 aromatic heterocycles. The zero-order valence-corrected chi connectivity index (χ0v) is 21.7. The molecule has 2 aliphatic rings. The Balaban J connectivity index is 1.29. The number of benzene rings is 1. The molecule has 11 heteroatoms. The summed E-state index contributed by atoms with van der Waals surface area (Å²) < 4.78 is 30.5. The summed E-state index contributed by atoms with van der Waals surface area (Å²) in [6.45, 7) is 2.19. The van der Waals surface area contributed by atoms with Crippen LogP contribution in [0.25, 0.3) is 15.3 Å². The highest BCUT2D eigenvalue weighted by molar-refractivity contribution is 7.91. The molecule has 4 aromatic rings. The normalized spacial score (nSPS) is 18.7. The van der Waals surface area contributed by atoms with Crippen molar-refractivity contribution in [1.82, 2.24) is 19.1 Å². The number of rotatable bonds is 5. The average molecular weight is 528 g/mol. The van der Waals surface area contributed by atoms with Crippen LogP contribution in [-0.2, 0) is 27.7 Å². The summed E-state index contributed by atoms with van der Waals surface area (Å²) in [5.41, 5.74) is 4.46. The lowest BCUT2D eigenvalue weighted by Gasteiger charge is -2.22. The van der Waals surface area contributed by atoms with Crippen molar-refractivity contribution in [2.45, 2.75) is 55.7 Å². The number of aryl methyl sites for hydroxylation is 3. The first-order valence-corrected chi connectivity index (χ1v) is 14.9. The van der Waals surface area contributed by atoms with Gasteiger partial charge in [-0.15, -0.1) is 11.3 Å². The minimum atomic E-state index is -3.71. The highest BCUT2D eigenvalue weighted by Crippen LogP contribution is 2.33. The number of thiazole rings is 1. The Morgan fingerprint density at radius 1 is 1.14 bits per heavy atom.